The average Bonchev–Trinajstić information content (AvgIpc) is 2.61. The van der Waals surface area contributed by atoms with E-state index in [-0.39, 0.29) is 17.9 Å². The number of amides is 2. The number of nitrogens with one attached hydrogen (secondary N) is 1. The average molecular weight is 345 g/mol. The Morgan fingerprint density at radius 3 is 2.50 bits per heavy atom. The molecule has 1 saturated heterocycles. The van der Waals surface area contributed by atoms with E-state index in [0.717, 1.165) is 29.2 Å². The molecule has 2 aromatic rings. The van der Waals surface area contributed by atoms with E-state index in [1.807, 2.05) is 47.4 Å². The Morgan fingerprint density at radius 1 is 1.12 bits per heavy atom. The van der Waals surface area contributed by atoms with Crippen molar-refractivity contribution >= 4 is 34.2 Å². The van der Waals surface area contributed by atoms with Crippen molar-refractivity contribution < 1.29 is 9.59 Å². The molecule has 1 atom stereocenters. The molecule has 3 rings (SSSR count). The summed E-state index contributed by atoms with van der Waals surface area (Å²) < 4.78 is 0. The topological polar surface area (TPSA) is 49.4 Å². The van der Waals surface area contributed by atoms with Crippen LogP contribution in [0, 0.1) is 0 Å². The van der Waals surface area contributed by atoms with Crippen molar-refractivity contribution in [3.05, 3.63) is 48.0 Å². The zero-order valence-electron chi connectivity index (χ0n) is 13.7. The third kappa shape index (κ3) is 3.54. The normalized spacial score (nSPS) is 16.8. The molecule has 0 radical (unpaired) electrons. The predicted molar refractivity (Wildman–Crippen MR) is 96.3 cm³/mol. The lowest BCUT2D eigenvalue weighted by Crippen LogP contribution is -2.47. The lowest BCUT2D eigenvalue weighted by Gasteiger charge is -2.33. The first-order valence-corrected chi connectivity index (χ1v) is 8.71. The zero-order valence-corrected chi connectivity index (χ0v) is 14.4. The largest absolute Gasteiger partial charge is 0.352 e. The van der Waals surface area contributed by atoms with Gasteiger partial charge in [0.25, 0.3) is 5.91 Å². The summed E-state index contributed by atoms with van der Waals surface area (Å²) in [5, 5.41) is 4.46. The standard InChI is InChI=1S/C19H21ClN2O2/c1-13(20)18(23)21-15-9-11-22(12-10-15)19(24)17-8-4-6-14-5-2-3-7-16(14)17/h2-8,13,15H,9-12H2,1H3,(H,21,23). The van der Waals surface area contributed by atoms with E-state index >= 15 is 0 Å². The van der Waals surface area contributed by atoms with Gasteiger partial charge in [-0.25, -0.2) is 0 Å². The van der Waals surface area contributed by atoms with Crippen LogP contribution in [0.3, 0.4) is 0 Å². The van der Waals surface area contributed by atoms with Crippen molar-refractivity contribution in [1.82, 2.24) is 10.2 Å². The Hall–Kier alpha value is -2.07. The molecule has 0 bridgehead atoms. The van der Waals surface area contributed by atoms with Gasteiger partial charge < -0.3 is 10.2 Å². The fourth-order valence-electron chi connectivity index (χ4n) is 3.13. The molecule has 1 fully saturated rings. The van der Waals surface area contributed by atoms with Gasteiger partial charge in [-0.3, -0.25) is 9.59 Å². The monoisotopic (exact) mass is 344 g/mol. The maximum absolute atomic E-state index is 12.9. The number of carbonyl (C=O) groups excluding carboxylic acids is 2. The van der Waals surface area contributed by atoms with E-state index in [1.54, 1.807) is 6.92 Å². The first kappa shape index (κ1) is 16.8. The van der Waals surface area contributed by atoms with Gasteiger partial charge in [0.05, 0.1) is 0 Å². The lowest BCUT2D eigenvalue weighted by atomic mass is 10.0. The number of hydrogen-bond donors (Lipinski definition) is 1. The van der Waals surface area contributed by atoms with Gasteiger partial charge in [0, 0.05) is 24.7 Å². The number of carbonyl (C=O) groups is 2. The van der Waals surface area contributed by atoms with Crippen molar-refractivity contribution in [1.29, 1.82) is 0 Å². The summed E-state index contributed by atoms with van der Waals surface area (Å²) in [7, 11) is 0. The second kappa shape index (κ2) is 7.22. The molecule has 0 aliphatic carbocycles. The molecular weight excluding hydrogens is 324 g/mol. The second-order valence-electron chi connectivity index (χ2n) is 6.22. The minimum absolute atomic E-state index is 0.0577. The van der Waals surface area contributed by atoms with E-state index in [1.165, 1.54) is 0 Å². The van der Waals surface area contributed by atoms with Crippen molar-refractivity contribution in [2.75, 3.05) is 13.1 Å². The smallest absolute Gasteiger partial charge is 0.254 e. The quantitative estimate of drug-likeness (QED) is 0.869. The van der Waals surface area contributed by atoms with Gasteiger partial charge in [0.15, 0.2) is 0 Å². The van der Waals surface area contributed by atoms with Gasteiger partial charge in [-0.2, -0.15) is 0 Å². The summed E-state index contributed by atoms with van der Waals surface area (Å²) in [6, 6.07) is 13.8. The fourth-order valence-corrected chi connectivity index (χ4v) is 3.19. The van der Waals surface area contributed by atoms with E-state index in [0.29, 0.717) is 13.1 Å². The molecular formula is C19H21ClN2O2. The molecule has 126 valence electrons. The Balaban J connectivity index is 1.68. The molecule has 1 aliphatic rings. The number of piperidine rings is 1. The Morgan fingerprint density at radius 2 is 1.79 bits per heavy atom. The highest BCUT2D eigenvalue weighted by molar-refractivity contribution is 6.30. The van der Waals surface area contributed by atoms with E-state index in [4.69, 9.17) is 11.6 Å². The minimum Gasteiger partial charge on any atom is -0.352 e. The summed E-state index contributed by atoms with van der Waals surface area (Å²) in [4.78, 5) is 26.4. The molecule has 2 aromatic carbocycles. The van der Waals surface area contributed by atoms with E-state index in [9.17, 15) is 9.59 Å². The van der Waals surface area contributed by atoms with Gasteiger partial charge in [0.1, 0.15) is 5.38 Å². The maximum Gasteiger partial charge on any atom is 0.254 e. The Kier molecular flexibility index (Phi) is 5.05. The molecule has 1 unspecified atom stereocenters. The van der Waals surface area contributed by atoms with Crippen molar-refractivity contribution in [2.24, 2.45) is 0 Å². The highest BCUT2D eigenvalue weighted by Gasteiger charge is 2.26. The molecule has 0 aromatic heterocycles. The predicted octanol–water partition coefficient (Wildman–Crippen LogP) is 3.19. The number of likely N-dealkylation sites (tertiary alicyclic amines) is 1. The molecule has 24 heavy (non-hydrogen) atoms. The summed E-state index contributed by atoms with van der Waals surface area (Å²) in [5.74, 6) is -0.0854. The van der Waals surface area contributed by atoms with Crippen LogP contribution in [0.4, 0.5) is 0 Å². The fraction of sp³-hybridized carbons (Fsp3) is 0.368. The number of nitrogens with zero attached hydrogens (tertiary/aromatic N) is 1. The van der Waals surface area contributed by atoms with E-state index in [2.05, 4.69) is 5.32 Å². The minimum atomic E-state index is -0.527. The van der Waals surface area contributed by atoms with E-state index < -0.39 is 5.38 Å². The highest BCUT2D eigenvalue weighted by atomic mass is 35.5. The van der Waals surface area contributed by atoms with Gasteiger partial charge in [-0.15, -0.1) is 11.6 Å². The summed E-state index contributed by atoms with van der Waals surface area (Å²) >= 11 is 5.79. The third-order valence-electron chi connectivity index (χ3n) is 4.51. The number of hydrogen-bond acceptors (Lipinski definition) is 2. The molecule has 0 spiro atoms. The van der Waals surface area contributed by atoms with Crippen LogP contribution in [-0.2, 0) is 4.79 Å². The first-order chi connectivity index (χ1) is 11.6. The van der Waals surface area contributed by atoms with Crippen LogP contribution in [0.25, 0.3) is 10.8 Å². The molecule has 2 amide bonds. The van der Waals surface area contributed by atoms with Crippen molar-refractivity contribution in [3.8, 4) is 0 Å². The van der Waals surface area contributed by atoms with Gasteiger partial charge in [-0.1, -0.05) is 36.4 Å². The van der Waals surface area contributed by atoms with Crippen LogP contribution in [0.15, 0.2) is 42.5 Å². The highest BCUT2D eigenvalue weighted by Crippen LogP contribution is 2.22. The molecule has 4 nitrogen and oxygen atoms in total. The molecule has 1 heterocycles. The van der Waals surface area contributed by atoms with Crippen LogP contribution < -0.4 is 5.32 Å². The van der Waals surface area contributed by atoms with Gasteiger partial charge >= 0.3 is 0 Å². The van der Waals surface area contributed by atoms with Crippen molar-refractivity contribution in [2.45, 2.75) is 31.2 Å². The van der Waals surface area contributed by atoms with Gasteiger partial charge in [-0.05, 0) is 36.6 Å². The SMILES string of the molecule is CC(Cl)C(=O)NC1CCN(C(=O)c2cccc3ccccc23)CC1. The first-order valence-electron chi connectivity index (χ1n) is 8.28. The molecule has 0 saturated carbocycles. The summed E-state index contributed by atoms with van der Waals surface area (Å²) in [6.45, 7) is 2.95. The van der Waals surface area contributed by atoms with Crippen molar-refractivity contribution in [3.63, 3.8) is 0 Å². The van der Waals surface area contributed by atoms with Crippen LogP contribution in [0.5, 0.6) is 0 Å². The summed E-state index contributed by atoms with van der Waals surface area (Å²) in [6.07, 6.45) is 1.51. The Bertz CT molecular complexity index is 747. The lowest BCUT2D eigenvalue weighted by molar-refractivity contribution is -0.121. The molecule has 1 N–H and O–H groups in total. The number of rotatable bonds is 3. The van der Waals surface area contributed by atoms with Crippen LogP contribution in [0.1, 0.15) is 30.1 Å². The summed E-state index contributed by atoms with van der Waals surface area (Å²) in [5.41, 5.74) is 0.741. The Labute approximate surface area is 146 Å². The molecule has 5 heteroatoms. The second-order valence-corrected chi connectivity index (χ2v) is 6.87. The number of alkyl halides is 1. The van der Waals surface area contributed by atoms with Gasteiger partial charge in [0.2, 0.25) is 5.91 Å². The van der Waals surface area contributed by atoms with Crippen LogP contribution in [-0.4, -0.2) is 41.2 Å². The number of halogens is 1. The molecule has 1 aliphatic heterocycles. The zero-order chi connectivity index (χ0) is 17.1. The van der Waals surface area contributed by atoms with Crippen LogP contribution in [0.2, 0.25) is 0 Å². The number of benzene rings is 2. The maximum atomic E-state index is 12.9. The number of fused-ring (bicyclic) bond motifs is 1. The van der Waals surface area contributed by atoms with Crippen LogP contribution >= 0.6 is 11.6 Å². The third-order valence-corrected chi connectivity index (χ3v) is 4.71.